The van der Waals surface area contributed by atoms with E-state index in [1.165, 1.54) is 30.5 Å². The van der Waals surface area contributed by atoms with E-state index in [4.69, 9.17) is 15.2 Å². The third-order valence-corrected chi connectivity index (χ3v) is 8.66. The smallest absolute Gasteiger partial charge is 0.312 e. The highest BCUT2D eigenvalue weighted by Crippen LogP contribution is 2.64. The Morgan fingerprint density at radius 3 is 2.90 bits per heavy atom. The first kappa shape index (κ1) is 18.0. The number of nitrogens with one attached hydrogen (secondary N) is 1. The molecule has 4 atom stereocenters. The minimum absolute atomic E-state index is 0.0845. The summed E-state index contributed by atoms with van der Waals surface area (Å²) in [6.07, 6.45) is 7.71. The maximum atomic E-state index is 11.8. The average molecular weight is 398 g/mol. The second-order valence-electron chi connectivity index (χ2n) is 10.1. The highest BCUT2D eigenvalue weighted by atomic mass is 16.5. The number of carbonyl (C=O) groups is 1. The van der Waals surface area contributed by atoms with E-state index >= 15 is 0 Å². The van der Waals surface area contributed by atoms with E-state index in [1.807, 2.05) is 0 Å². The van der Waals surface area contributed by atoms with Gasteiger partial charge in [-0.2, -0.15) is 0 Å². The Morgan fingerprint density at radius 2 is 2.21 bits per heavy atom. The van der Waals surface area contributed by atoms with Crippen LogP contribution in [-0.4, -0.2) is 54.9 Å². The summed E-state index contributed by atoms with van der Waals surface area (Å²) in [4.78, 5) is 14.6. The summed E-state index contributed by atoms with van der Waals surface area (Å²) in [7, 11) is 1.73. The van der Waals surface area contributed by atoms with Crippen LogP contribution in [0.3, 0.4) is 0 Å². The molecule has 6 aliphatic rings. The monoisotopic (exact) mass is 397 g/mol. The van der Waals surface area contributed by atoms with Crippen LogP contribution in [0.5, 0.6) is 5.75 Å². The molecule has 3 saturated heterocycles. The van der Waals surface area contributed by atoms with Crippen LogP contribution >= 0.6 is 0 Å². The van der Waals surface area contributed by atoms with E-state index in [2.05, 4.69) is 28.4 Å². The number of rotatable bonds is 4. The molecule has 1 spiro atoms. The number of piperidine rings is 1. The topological polar surface area (TPSA) is 76.8 Å². The van der Waals surface area contributed by atoms with Crippen LogP contribution in [0, 0.1) is 5.92 Å². The number of primary amides is 1. The fourth-order valence-electron chi connectivity index (χ4n) is 7.27. The molecule has 3 heterocycles. The van der Waals surface area contributed by atoms with Crippen LogP contribution in [0.1, 0.15) is 49.7 Å². The molecule has 3 N–H and O–H groups in total. The number of fused-ring (bicyclic) bond motifs is 3. The normalized spacial score (nSPS) is 40.1. The lowest BCUT2D eigenvalue weighted by Crippen LogP contribution is -2.81. The molecule has 6 heteroatoms. The van der Waals surface area contributed by atoms with Gasteiger partial charge in [0.25, 0.3) is 0 Å². The molecular formula is C23H31N3O3. The summed E-state index contributed by atoms with van der Waals surface area (Å²) >= 11 is 0. The Kier molecular flexibility index (Phi) is 3.66. The molecule has 3 aliphatic carbocycles. The van der Waals surface area contributed by atoms with Gasteiger partial charge in [-0.15, -0.1) is 0 Å². The summed E-state index contributed by atoms with van der Waals surface area (Å²) in [6, 6.07) is 6.57. The van der Waals surface area contributed by atoms with Gasteiger partial charge < -0.3 is 20.5 Å². The molecule has 156 valence electrons. The molecule has 2 amide bonds. The molecule has 5 fully saturated rings. The van der Waals surface area contributed by atoms with Gasteiger partial charge in [0.1, 0.15) is 5.75 Å². The van der Waals surface area contributed by atoms with E-state index in [1.54, 1.807) is 7.11 Å². The van der Waals surface area contributed by atoms with Crippen molar-refractivity contribution in [3.05, 3.63) is 29.3 Å². The number of ether oxygens (including phenoxy) is 2. The Balaban J connectivity index is 1.49. The molecule has 0 unspecified atom stereocenters. The fraction of sp³-hybridized carbons (Fsp3) is 0.696. The zero-order valence-electron chi connectivity index (χ0n) is 17.2. The number of likely N-dealkylation sites (tertiary alicyclic amines) is 1. The Hall–Kier alpha value is -1.79. The molecule has 2 saturated carbocycles. The minimum Gasteiger partial charge on any atom is -0.497 e. The predicted molar refractivity (Wildman–Crippen MR) is 109 cm³/mol. The molecule has 3 aliphatic heterocycles. The lowest BCUT2D eigenvalue weighted by Gasteiger charge is -2.71. The van der Waals surface area contributed by atoms with Gasteiger partial charge in [-0.3, -0.25) is 4.90 Å². The SMILES string of the molecule is COc1ccc2c(c1)[C@]13CCN(CC4CC4)[C@H](C2)[C@]12CC[C@@](NC(N)=O)(CO2)C3. The van der Waals surface area contributed by atoms with Crippen molar-refractivity contribution in [2.24, 2.45) is 11.7 Å². The Labute approximate surface area is 172 Å². The van der Waals surface area contributed by atoms with E-state index in [-0.39, 0.29) is 16.6 Å². The fourth-order valence-corrected chi connectivity index (χ4v) is 7.27. The highest BCUT2D eigenvalue weighted by Gasteiger charge is 2.71. The third-order valence-electron chi connectivity index (χ3n) is 8.66. The molecular weight excluding hydrogens is 366 g/mol. The van der Waals surface area contributed by atoms with Crippen LogP contribution in [0.2, 0.25) is 0 Å². The number of carbonyl (C=O) groups excluding carboxylic acids is 1. The summed E-state index contributed by atoms with van der Waals surface area (Å²) < 4.78 is 12.4. The molecule has 6 nitrogen and oxygen atoms in total. The maximum Gasteiger partial charge on any atom is 0.312 e. The Bertz CT molecular complexity index is 859. The van der Waals surface area contributed by atoms with Gasteiger partial charge in [-0.25, -0.2) is 4.79 Å². The van der Waals surface area contributed by atoms with Crippen LogP contribution in [0.25, 0.3) is 0 Å². The highest BCUT2D eigenvalue weighted by molar-refractivity contribution is 5.73. The largest absolute Gasteiger partial charge is 0.497 e. The van der Waals surface area contributed by atoms with Crippen LogP contribution in [-0.2, 0) is 16.6 Å². The molecule has 0 radical (unpaired) electrons. The quantitative estimate of drug-likeness (QED) is 0.818. The molecule has 0 aromatic heterocycles. The average Bonchev–Trinajstić information content (AvgIpc) is 3.53. The predicted octanol–water partition coefficient (Wildman–Crippen LogP) is 2.33. The van der Waals surface area contributed by atoms with Crippen molar-refractivity contribution < 1.29 is 14.3 Å². The first-order valence-corrected chi connectivity index (χ1v) is 11.1. The van der Waals surface area contributed by atoms with Gasteiger partial charge in [0.2, 0.25) is 0 Å². The van der Waals surface area contributed by atoms with Crippen molar-refractivity contribution >= 4 is 6.03 Å². The van der Waals surface area contributed by atoms with Gasteiger partial charge >= 0.3 is 6.03 Å². The van der Waals surface area contributed by atoms with Crippen molar-refractivity contribution in [2.75, 3.05) is 26.8 Å². The molecule has 7 rings (SSSR count). The van der Waals surface area contributed by atoms with Gasteiger partial charge in [-0.05, 0) is 80.7 Å². The van der Waals surface area contributed by atoms with Crippen LogP contribution in [0.15, 0.2) is 18.2 Å². The van der Waals surface area contributed by atoms with Gasteiger partial charge in [-0.1, -0.05) is 6.07 Å². The summed E-state index contributed by atoms with van der Waals surface area (Å²) in [5.41, 5.74) is 7.79. The maximum absolute atomic E-state index is 11.8. The lowest BCUT2D eigenvalue weighted by atomic mass is 9.45. The van der Waals surface area contributed by atoms with Gasteiger partial charge in [0.15, 0.2) is 0 Å². The summed E-state index contributed by atoms with van der Waals surface area (Å²) in [5.74, 6) is 1.78. The number of nitrogens with two attached hydrogens (primary N) is 1. The molecule has 1 aromatic carbocycles. The zero-order valence-corrected chi connectivity index (χ0v) is 17.2. The van der Waals surface area contributed by atoms with Crippen molar-refractivity contribution in [3.8, 4) is 5.75 Å². The minimum atomic E-state index is -0.441. The lowest BCUT2D eigenvalue weighted by molar-refractivity contribution is -0.261. The zero-order chi connectivity index (χ0) is 19.9. The first-order chi connectivity index (χ1) is 14.0. The number of amides is 2. The number of hydrogen-bond donors (Lipinski definition) is 2. The van der Waals surface area contributed by atoms with Crippen molar-refractivity contribution in [1.82, 2.24) is 10.2 Å². The Morgan fingerprint density at radius 1 is 1.34 bits per heavy atom. The van der Waals surface area contributed by atoms with Crippen LogP contribution in [0.4, 0.5) is 4.79 Å². The van der Waals surface area contributed by atoms with E-state index in [0.717, 1.165) is 50.3 Å². The second-order valence-corrected chi connectivity index (χ2v) is 10.1. The number of methoxy groups -OCH3 is 1. The standard InChI is InChI=1S/C23H31N3O3/c1-28-17-5-4-16-10-19-23-7-6-21(14-29-23,25-20(24)27)13-22(23,18(16)11-17)8-9-26(19)12-15-2-3-15/h4-5,11,15,19H,2-3,6-10,12-14H2,1H3,(H3,24,25,27)/t19-,21+,22-,23-/m1/s1. The molecule has 1 aromatic rings. The van der Waals surface area contributed by atoms with E-state index in [0.29, 0.717) is 12.6 Å². The first-order valence-electron chi connectivity index (χ1n) is 11.1. The number of urea groups is 1. The molecule has 29 heavy (non-hydrogen) atoms. The summed E-state index contributed by atoms with van der Waals surface area (Å²) in [6.45, 7) is 2.89. The van der Waals surface area contributed by atoms with Gasteiger partial charge in [0, 0.05) is 18.0 Å². The number of nitrogens with zero attached hydrogens (tertiary/aromatic N) is 1. The number of hydrogen-bond acceptors (Lipinski definition) is 4. The van der Waals surface area contributed by atoms with Crippen LogP contribution < -0.4 is 15.8 Å². The molecule has 4 bridgehead atoms. The summed E-state index contributed by atoms with van der Waals surface area (Å²) in [5, 5.41) is 3.09. The number of benzene rings is 1. The second kappa shape index (κ2) is 5.88. The van der Waals surface area contributed by atoms with Crippen molar-refractivity contribution in [3.63, 3.8) is 0 Å². The van der Waals surface area contributed by atoms with E-state index in [9.17, 15) is 4.79 Å². The third kappa shape index (κ3) is 2.39. The van der Waals surface area contributed by atoms with Gasteiger partial charge in [0.05, 0.1) is 24.9 Å². The van der Waals surface area contributed by atoms with Crippen molar-refractivity contribution in [1.29, 1.82) is 0 Å². The van der Waals surface area contributed by atoms with E-state index < -0.39 is 6.03 Å². The van der Waals surface area contributed by atoms with Crippen molar-refractivity contribution in [2.45, 2.75) is 67.5 Å².